The van der Waals surface area contributed by atoms with Crippen LogP contribution in [0.25, 0.3) is 16.9 Å². The SMILES string of the molecule is CN(Cc1cnn(-c2ccccc2)c1)C(=O)c1cnc2c(c1)ncn2C. The number of nitrogens with zero attached hydrogens (tertiary/aromatic N) is 6. The molecule has 0 bridgehead atoms. The van der Waals surface area contributed by atoms with E-state index >= 15 is 0 Å². The minimum absolute atomic E-state index is 0.0995. The highest BCUT2D eigenvalue weighted by atomic mass is 16.2. The topological polar surface area (TPSA) is 68.8 Å². The molecule has 0 aliphatic rings. The van der Waals surface area contributed by atoms with Gasteiger partial charge in [-0.1, -0.05) is 18.2 Å². The molecule has 0 saturated carbocycles. The lowest BCUT2D eigenvalue weighted by Crippen LogP contribution is -2.26. The Hall–Kier alpha value is -3.48. The standard InChI is InChI=1S/C19H18N6O/c1-23(11-14-9-22-25(12-14)16-6-4-3-5-7-16)19(26)15-8-17-18(20-10-15)24(2)13-21-17/h3-10,12-13H,11H2,1-2H3. The largest absolute Gasteiger partial charge is 0.337 e. The van der Waals surface area contributed by atoms with Crippen LogP contribution >= 0.6 is 0 Å². The summed E-state index contributed by atoms with van der Waals surface area (Å²) in [5, 5.41) is 4.37. The predicted molar refractivity (Wildman–Crippen MR) is 97.9 cm³/mol. The summed E-state index contributed by atoms with van der Waals surface area (Å²) < 4.78 is 3.63. The van der Waals surface area contributed by atoms with E-state index in [1.165, 1.54) is 0 Å². The molecule has 0 atom stereocenters. The van der Waals surface area contributed by atoms with Crippen LogP contribution in [0, 0.1) is 0 Å². The van der Waals surface area contributed by atoms with Crippen LogP contribution in [-0.2, 0) is 13.6 Å². The van der Waals surface area contributed by atoms with Crippen molar-refractivity contribution in [3.63, 3.8) is 0 Å². The Morgan fingerprint density at radius 1 is 1.15 bits per heavy atom. The molecule has 0 fully saturated rings. The molecule has 3 aromatic heterocycles. The minimum atomic E-state index is -0.0995. The molecular formula is C19H18N6O. The molecule has 0 saturated heterocycles. The normalized spacial score (nSPS) is 11.0. The lowest BCUT2D eigenvalue weighted by Gasteiger charge is -2.16. The van der Waals surface area contributed by atoms with E-state index in [4.69, 9.17) is 0 Å². The van der Waals surface area contributed by atoms with Crippen LogP contribution in [0.5, 0.6) is 0 Å². The van der Waals surface area contributed by atoms with Gasteiger partial charge >= 0.3 is 0 Å². The summed E-state index contributed by atoms with van der Waals surface area (Å²) in [5.74, 6) is -0.0995. The van der Waals surface area contributed by atoms with E-state index in [1.54, 1.807) is 41.4 Å². The Bertz CT molecular complexity index is 1070. The van der Waals surface area contributed by atoms with E-state index in [-0.39, 0.29) is 5.91 Å². The number of hydrogen-bond acceptors (Lipinski definition) is 4. The van der Waals surface area contributed by atoms with Gasteiger partial charge in [-0.25, -0.2) is 14.6 Å². The molecule has 4 rings (SSSR count). The van der Waals surface area contributed by atoms with Crippen molar-refractivity contribution in [2.75, 3.05) is 7.05 Å². The maximum Gasteiger partial charge on any atom is 0.255 e. The first-order chi connectivity index (χ1) is 12.6. The average molecular weight is 346 g/mol. The first-order valence-electron chi connectivity index (χ1n) is 8.23. The van der Waals surface area contributed by atoms with Crippen molar-refractivity contribution in [3.05, 3.63) is 72.4 Å². The Kier molecular flexibility index (Phi) is 3.96. The van der Waals surface area contributed by atoms with Crippen LogP contribution in [0.2, 0.25) is 0 Å². The fraction of sp³-hybridized carbons (Fsp3) is 0.158. The van der Waals surface area contributed by atoms with Crippen molar-refractivity contribution in [1.29, 1.82) is 0 Å². The lowest BCUT2D eigenvalue weighted by molar-refractivity contribution is 0.0785. The lowest BCUT2D eigenvalue weighted by atomic mass is 10.2. The third-order valence-corrected chi connectivity index (χ3v) is 4.22. The number of aromatic nitrogens is 5. The number of amides is 1. The van der Waals surface area contributed by atoms with Gasteiger partial charge in [0.15, 0.2) is 5.65 Å². The molecule has 0 spiro atoms. The molecule has 7 nitrogen and oxygen atoms in total. The molecule has 0 aliphatic carbocycles. The summed E-state index contributed by atoms with van der Waals surface area (Å²) in [6.07, 6.45) is 6.99. The van der Waals surface area contributed by atoms with Gasteiger partial charge in [0.1, 0.15) is 5.52 Å². The Labute approximate surface area is 150 Å². The Morgan fingerprint density at radius 2 is 1.96 bits per heavy atom. The predicted octanol–water partition coefficient (Wildman–Crippen LogP) is 2.43. The molecule has 1 aromatic carbocycles. The molecule has 0 aliphatic heterocycles. The maximum atomic E-state index is 12.7. The van der Waals surface area contributed by atoms with Crippen molar-refractivity contribution in [1.82, 2.24) is 29.2 Å². The number of aryl methyl sites for hydroxylation is 1. The molecule has 26 heavy (non-hydrogen) atoms. The summed E-state index contributed by atoms with van der Waals surface area (Å²) in [6, 6.07) is 11.6. The fourth-order valence-electron chi connectivity index (χ4n) is 2.86. The zero-order chi connectivity index (χ0) is 18.1. The van der Waals surface area contributed by atoms with Gasteiger partial charge in [0.05, 0.1) is 23.8 Å². The molecule has 0 unspecified atom stereocenters. The first kappa shape index (κ1) is 16.0. The van der Waals surface area contributed by atoms with E-state index in [1.807, 2.05) is 48.1 Å². The third kappa shape index (κ3) is 2.95. The monoisotopic (exact) mass is 346 g/mol. The number of fused-ring (bicyclic) bond motifs is 1. The second-order valence-corrected chi connectivity index (χ2v) is 6.21. The number of para-hydroxylation sites is 1. The van der Waals surface area contributed by atoms with Gasteiger partial charge < -0.3 is 9.47 Å². The van der Waals surface area contributed by atoms with Crippen LogP contribution < -0.4 is 0 Å². The van der Waals surface area contributed by atoms with Gasteiger partial charge in [-0.3, -0.25) is 4.79 Å². The minimum Gasteiger partial charge on any atom is -0.337 e. The molecule has 3 heterocycles. The second-order valence-electron chi connectivity index (χ2n) is 6.21. The van der Waals surface area contributed by atoms with Crippen molar-refractivity contribution >= 4 is 17.1 Å². The summed E-state index contributed by atoms with van der Waals surface area (Å²) in [5.41, 5.74) is 3.93. The summed E-state index contributed by atoms with van der Waals surface area (Å²) >= 11 is 0. The molecule has 1 amide bonds. The van der Waals surface area contributed by atoms with Gasteiger partial charge in [0, 0.05) is 38.6 Å². The van der Waals surface area contributed by atoms with Crippen LogP contribution in [0.3, 0.4) is 0 Å². The highest BCUT2D eigenvalue weighted by Gasteiger charge is 2.15. The number of carbonyl (C=O) groups excluding carboxylic acids is 1. The molecule has 0 radical (unpaired) electrons. The number of carbonyl (C=O) groups is 1. The van der Waals surface area contributed by atoms with Gasteiger partial charge in [0.25, 0.3) is 5.91 Å². The van der Waals surface area contributed by atoms with Crippen LogP contribution in [0.4, 0.5) is 0 Å². The third-order valence-electron chi connectivity index (χ3n) is 4.22. The van der Waals surface area contributed by atoms with E-state index in [2.05, 4.69) is 15.1 Å². The Morgan fingerprint density at radius 3 is 2.77 bits per heavy atom. The summed E-state index contributed by atoms with van der Waals surface area (Å²) in [6.45, 7) is 0.464. The van der Waals surface area contributed by atoms with Crippen molar-refractivity contribution < 1.29 is 4.79 Å². The molecule has 7 heteroatoms. The van der Waals surface area contributed by atoms with Crippen molar-refractivity contribution in [3.8, 4) is 5.69 Å². The van der Waals surface area contributed by atoms with Gasteiger partial charge in [-0.2, -0.15) is 5.10 Å². The number of benzene rings is 1. The van der Waals surface area contributed by atoms with E-state index in [0.29, 0.717) is 17.6 Å². The van der Waals surface area contributed by atoms with Crippen molar-refractivity contribution in [2.24, 2.45) is 7.05 Å². The number of pyridine rings is 1. The number of imidazole rings is 1. The molecular weight excluding hydrogens is 328 g/mol. The maximum absolute atomic E-state index is 12.7. The highest BCUT2D eigenvalue weighted by Crippen LogP contribution is 2.14. The van der Waals surface area contributed by atoms with Gasteiger partial charge in [0.2, 0.25) is 0 Å². The highest BCUT2D eigenvalue weighted by molar-refractivity contribution is 5.96. The van der Waals surface area contributed by atoms with Crippen LogP contribution in [0.15, 0.2) is 61.3 Å². The zero-order valence-corrected chi connectivity index (χ0v) is 14.6. The van der Waals surface area contributed by atoms with E-state index in [9.17, 15) is 4.79 Å². The summed E-state index contributed by atoms with van der Waals surface area (Å²) in [7, 11) is 3.64. The van der Waals surface area contributed by atoms with Gasteiger partial charge in [-0.15, -0.1) is 0 Å². The second kappa shape index (κ2) is 6.44. The molecule has 4 aromatic rings. The van der Waals surface area contributed by atoms with E-state index < -0.39 is 0 Å². The molecule has 130 valence electrons. The Balaban J connectivity index is 1.51. The van der Waals surface area contributed by atoms with Gasteiger partial charge in [-0.05, 0) is 18.2 Å². The first-order valence-corrected chi connectivity index (χ1v) is 8.23. The number of rotatable bonds is 4. The smallest absolute Gasteiger partial charge is 0.255 e. The fourth-order valence-corrected chi connectivity index (χ4v) is 2.86. The zero-order valence-electron chi connectivity index (χ0n) is 14.6. The van der Waals surface area contributed by atoms with Crippen LogP contribution in [-0.4, -0.2) is 42.2 Å². The number of hydrogen-bond donors (Lipinski definition) is 0. The quantitative estimate of drug-likeness (QED) is 0.569. The van der Waals surface area contributed by atoms with Crippen LogP contribution in [0.1, 0.15) is 15.9 Å². The van der Waals surface area contributed by atoms with E-state index in [0.717, 1.165) is 16.9 Å². The summed E-state index contributed by atoms with van der Waals surface area (Å²) in [4.78, 5) is 22.9. The average Bonchev–Trinajstić information content (AvgIpc) is 3.28. The van der Waals surface area contributed by atoms with Crippen molar-refractivity contribution in [2.45, 2.75) is 6.54 Å². The molecule has 0 N–H and O–H groups in total.